The predicted molar refractivity (Wildman–Crippen MR) is 126 cm³/mol. The van der Waals surface area contributed by atoms with E-state index >= 15 is 0 Å². The van der Waals surface area contributed by atoms with Crippen molar-refractivity contribution in [1.29, 1.82) is 0 Å². The van der Waals surface area contributed by atoms with Gasteiger partial charge in [-0.25, -0.2) is 0 Å². The highest BCUT2D eigenvalue weighted by molar-refractivity contribution is 7.12. The number of quaternary nitrogens is 1. The Morgan fingerprint density at radius 1 is 1.24 bits per heavy atom. The lowest BCUT2D eigenvalue weighted by Gasteiger charge is -2.28. The molecule has 33 heavy (non-hydrogen) atoms. The van der Waals surface area contributed by atoms with Gasteiger partial charge < -0.3 is 24.4 Å². The van der Waals surface area contributed by atoms with Gasteiger partial charge in [-0.1, -0.05) is 25.1 Å². The molecular formula is C25H31N2O5S+. The van der Waals surface area contributed by atoms with E-state index < -0.39 is 17.7 Å². The van der Waals surface area contributed by atoms with Crippen LogP contribution in [0, 0.1) is 0 Å². The monoisotopic (exact) mass is 471 g/mol. The second kappa shape index (κ2) is 11.0. The highest BCUT2D eigenvalue weighted by Gasteiger charge is 2.43. The number of benzene rings is 1. The highest BCUT2D eigenvalue weighted by Crippen LogP contribution is 2.40. The van der Waals surface area contributed by atoms with Crippen LogP contribution in [0.3, 0.4) is 0 Å². The van der Waals surface area contributed by atoms with E-state index in [0.717, 1.165) is 57.0 Å². The number of rotatable bonds is 10. The first-order valence-electron chi connectivity index (χ1n) is 11.6. The van der Waals surface area contributed by atoms with Crippen molar-refractivity contribution in [3.8, 4) is 5.75 Å². The molecule has 176 valence electrons. The summed E-state index contributed by atoms with van der Waals surface area (Å²) < 4.78 is 11.1. The zero-order valence-electron chi connectivity index (χ0n) is 18.9. The third kappa shape index (κ3) is 5.29. The molecule has 2 aromatic rings. The number of thiophene rings is 1. The molecule has 0 saturated carbocycles. The first kappa shape index (κ1) is 23.5. The zero-order valence-corrected chi connectivity index (χ0v) is 19.7. The predicted octanol–water partition coefficient (Wildman–Crippen LogP) is 2.42. The van der Waals surface area contributed by atoms with Gasteiger partial charge in [0.25, 0.3) is 5.91 Å². The quantitative estimate of drug-likeness (QED) is 0.521. The van der Waals surface area contributed by atoms with E-state index in [9.17, 15) is 14.7 Å². The summed E-state index contributed by atoms with van der Waals surface area (Å²) in [5, 5.41) is 12.6. The molecule has 1 atom stereocenters. The lowest BCUT2D eigenvalue weighted by molar-refractivity contribution is -0.908. The van der Waals surface area contributed by atoms with Crippen LogP contribution in [-0.4, -0.2) is 67.7 Å². The normalized spacial score (nSPS) is 19.4. The molecule has 7 nitrogen and oxygen atoms in total. The number of aliphatic hydroxyl groups is 1. The average Bonchev–Trinajstić information content (AvgIpc) is 3.47. The Balaban J connectivity index is 1.58. The van der Waals surface area contributed by atoms with E-state index in [1.54, 1.807) is 17.0 Å². The van der Waals surface area contributed by atoms with Crippen LogP contribution in [0.5, 0.6) is 5.75 Å². The number of nitrogens with one attached hydrogen (secondary N) is 1. The van der Waals surface area contributed by atoms with E-state index in [-0.39, 0.29) is 11.4 Å². The molecule has 1 aromatic heterocycles. The van der Waals surface area contributed by atoms with E-state index in [2.05, 4.69) is 0 Å². The number of nitrogens with zero attached hydrogens (tertiary/aromatic N) is 1. The van der Waals surface area contributed by atoms with Crippen LogP contribution in [0.1, 0.15) is 41.0 Å². The lowest BCUT2D eigenvalue weighted by Crippen LogP contribution is -3.14. The van der Waals surface area contributed by atoms with Crippen molar-refractivity contribution < 1.29 is 29.1 Å². The van der Waals surface area contributed by atoms with E-state index in [1.807, 2.05) is 36.6 Å². The fourth-order valence-corrected chi connectivity index (χ4v) is 5.06. The summed E-state index contributed by atoms with van der Waals surface area (Å²) in [6.45, 7) is 7.49. The molecule has 2 aliphatic rings. The number of morpholine rings is 1. The van der Waals surface area contributed by atoms with Gasteiger partial charge in [-0.2, -0.15) is 0 Å². The van der Waals surface area contributed by atoms with Crippen molar-refractivity contribution in [2.45, 2.75) is 25.8 Å². The van der Waals surface area contributed by atoms with Crippen molar-refractivity contribution in [1.82, 2.24) is 4.90 Å². The van der Waals surface area contributed by atoms with Crippen molar-refractivity contribution in [2.75, 3.05) is 46.0 Å². The number of ketones is 1. The van der Waals surface area contributed by atoms with Gasteiger partial charge in [0.1, 0.15) is 18.8 Å². The van der Waals surface area contributed by atoms with Crippen molar-refractivity contribution >= 4 is 23.0 Å². The van der Waals surface area contributed by atoms with Crippen molar-refractivity contribution in [3.63, 3.8) is 0 Å². The Morgan fingerprint density at radius 2 is 2.00 bits per heavy atom. The minimum absolute atomic E-state index is 0.156. The number of Topliss-reactive ketones (excluding diaryl/α,β-unsaturated/α-hetero) is 1. The second-order valence-electron chi connectivity index (χ2n) is 8.35. The minimum Gasteiger partial charge on any atom is -0.503 e. The molecule has 0 unspecified atom stereocenters. The van der Waals surface area contributed by atoms with Crippen molar-refractivity contribution in [3.05, 3.63) is 63.6 Å². The molecule has 2 N–H and O–H groups in total. The SMILES string of the molecule is CCCOc1ccc([C@@H]2C(C(=O)c3cccs3)=C(O)C(=O)N2CCC[NH+]2CCOCC2)cc1. The zero-order chi connectivity index (χ0) is 23.2. The standard InChI is InChI=1S/C25H30N2O5S/c1-2-14-32-19-8-6-18(7-9-19)22-21(23(28)20-5-3-17-33-20)24(29)25(30)27(22)11-4-10-26-12-15-31-16-13-26/h3,5-9,17,22,29H,2,4,10-16H2,1H3/p+1/t22-/m1/s1. The molecule has 0 bridgehead atoms. The number of aliphatic hydroxyl groups excluding tert-OH is 1. The molecule has 0 radical (unpaired) electrons. The summed E-state index contributed by atoms with van der Waals surface area (Å²) in [4.78, 5) is 30.0. The van der Waals surface area contributed by atoms with Gasteiger partial charge in [0.2, 0.25) is 5.78 Å². The van der Waals surface area contributed by atoms with Crippen LogP contribution >= 0.6 is 11.3 Å². The van der Waals surface area contributed by atoms with Gasteiger partial charge >= 0.3 is 0 Å². The van der Waals surface area contributed by atoms with Gasteiger partial charge in [-0.15, -0.1) is 11.3 Å². The molecule has 1 amide bonds. The summed E-state index contributed by atoms with van der Waals surface area (Å²) in [5.74, 6) is -0.480. The van der Waals surface area contributed by atoms with Gasteiger partial charge in [0, 0.05) is 13.0 Å². The van der Waals surface area contributed by atoms with Crippen LogP contribution in [0.15, 0.2) is 53.1 Å². The number of hydrogen-bond acceptors (Lipinski definition) is 6. The van der Waals surface area contributed by atoms with Gasteiger partial charge in [0.05, 0.1) is 42.9 Å². The maximum Gasteiger partial charge on any atom is 0.290 e. The smallest absolute Gasteiger partial charge is 0.290 e. The molecule has 2 aliphatic heterocycles. The fraction of sp³-hybridized carbons (Fsp3) is 0.440. The van der Waals surface area contributed by atoms with Gasteiger partial charge in [-0.05, 0) is 35.6 Å². The van der Waals surface area contributed by atoms with E-state index in [4.69, 9.17) is 9.47 Å². The van der Waals surface area contributed by atoms with Crippen LogP contribution < -0.4 is 9.64 Å². The Kier molecular flexibility index (Phi) is 7.80. The first-order valence-corrected chi connectivity index (χ1v) is 12.4. The van der Waals surface area contributed by atoms with Crippen LogP contribution in [0.25, 0.3) is 0 Å². The van der Waals surface area contributed by atoms with Crippen LogP contribution in [0.2, 0.25) is 0 Å². The third-order valence-corrected chi connectivity index (χ3v) is 6.96. The summed E-state index contributed by atoms with van der Waals surface area (Å²) in [6, 6.07) is 10.4. The Morgan fingerprint density at radius 3 is 2.67 bits per heavy atom. The van der Waals surface area contributed by atoms with Gasteiger partial charge in [0.15, 0.2) is 5.76 Å². The van der Waals surface area contributed by atoms with E-state index in [0.29, 0.717) is 18.0 Å². The highest BCUT2D eigenvalue weighted by atomic mass is 32.1. The maximum absolute atomic E-state index is 13.3. The number of ether oxygens (including phenoxy) is 2. The number of carbonyl (C=O) groups excluding carboxylic acids is 2. The topological polar surface area (TPSA) is 80.5 Å². The number of hydrogen-bond donors (Lipinski definition) is 2. The second-order valence-corrected chi connectivity index (χ2v) is 9.30. The van der Waals surface area contributed by atoms with Crippen LogP contribution in [-0.2, 0) is 9.53 Å². The molecule has 0 spiro atoms. The number of amides is 1. The Bertz CT molecular complexity index is 981. The maximum atomic E-state index is 13.3. The minimum atomic E-state index is -0.619. The van der Waals surface area contributed by atoms with Crippen LogP contribution in [0.4, 0.5) is 0 Å². The molecular weight excluding hydrogens is 440 g/mol. The molecule has 8 heteroatoms. The Labute approximate surface area is 198 Å². The lowest BCUT2D eigenvalue weighted by atomic mass is 9.95. The fourth-order valence-electron chi connectivity index (χ4n) is 4.38. The van der Waals surface area contributed by atoms with E-state index in [1.165, 1.54) is 16.2 Å². The summed E-state index contributed by atoms with van der Waals surface area (Å²) in [6.07, 6.45) is 1.69. The first-order chi connectivity index (χ1) is 16.1. The molecule has 4 rings (SSSR count). The molecule has 1 aromatic carbocycles. The molecule has 1 fully saturated rings. The number of carbonyl (C=O) groups is 2. The third-order valence-electron chi connectivity index (χ3n) is 6.09. The molecule has 3 heterocycles. The largest absolute Gasteiger partial charge is 0.503 e. The summed E-state index contributed by atoms with van der Waals surface area (Å²) in [7, 11) is 0. The summed E-state index contributed by atoms with van der Waals surface area (Å²) in [5.41, 5.74) is 0.943. The summed E-state index contributed by atoms with van der Waals surface area (Å²) >= 11 is 1.31. The molecule has 0 aliphatic carbocycles. The van der Waals surface area contributed by atoms with Gasteiger partial charge in [-0.3, -0.25) is 9.59 Å². The molecule has 1 saturated heterocycles. The average molecular weight is 472 g/mol. The van der Waals surface area contributed by atoms with Crippen molar-refractivity contribution in [2.24, 2.45) is 0 Å². The Hall–Kier alpha value is -2.68.